The number of carbonyl (C=O) groups excluding carboxylic acids is 1. The maximum Gasteiger partial charge on any atom is 0.221 e. The Morgan fingerprint density at radius 3 is 2.14 bits per heavy atom. The second-order valence-corrected chi connectivity index (χ2v) is 6.92. The van der Waals surface area contributed by atoms with Gasteiger partial charge in [0, 0.05) is 30.6 Å². The summed E-state index contributed by atoms with van der Waals surface area (Å²) in [7, 11) is 0. The molecule has 0 aliphatic heterocycles. The van der Waals surface area contributed by atoms with Crippen LogP contribution in [0.2, 0.25) is 0 Å². The average Bonchev–Trinajstić information content (AvgIpc) is 3.33. The van der Waals surface area contributed by atoms with Gasteiger partial charge >= 0.3 is 0 Å². The molecule has 29 heavy (non-hydrogen) atoms. The monoisotopic (exact) mass is 382 g/mol. The van der Waals surface area contributed by atoms with Crippen LogP contribution in [0, 0.1) is 0 Å². The van der Waals surface area contributed by atoms with Crippen LogP contribution in [0.15, 0.2) is 102 Å². The van der Waals surface area contributed by atoms with Crippen LogP contribution in [0.25, 0.3) is 11.3 Å². The lowest BCUT2D eigenvalue weighted by Gasteiger charge is -2.18. The minimum absolute atomic E-state index is 0.0154. The fraction of sp³-hybridized carbons (Fsp3) is 0.120. The first-order chi connectivity index (χ1) is 14.3. The lowest BCUT2D eigenvalue weighted by Crippen LogP contribution is -2.25. The second kappa shape index (κ2) is 9.02. The van der Waals surface area contributed by atoms with Crippen LogP contribution in [0.1, 0.15) is 29.0 Å². The van der Waals surface area contributed by atoms with Crippen LogP contribution in [-0.4, -0.2) is 10.9 Å². The van der Waals surface area contributed by atoms with Crippen LogP contribution in [-0.2, 0) is 11.3 Å². The Morgan fingerprint density at radius 2 is 1.59 bits per heavy atom. The Labute approximate surface area is 170 Å². The number of benzene rings is 2. The Balaban J connectivity index is 1.41. The van der Waals surface area contributed by atoms with E-state index in [4.69, 9.17) is 4.42 Å². The van der Waals surface area contributed by atoms with Crippen LogP contribution in [0.3, 0.4) is 0 Å². The van der Waals surface area contributed by atoms with Crippen molar-refractivity contribution in [3.8, 4) is 11.3 Å². The molecule has 1 N–H and O–H groups in total. The van der Waals surface area contributed by atoms with Gasteiger partial charge in [0.05, 0.1) is 18.2 Å². The molecule has 4 heteroatoms. The minimum Gasteiger partial charge on any atom is -0.472 e. The van der Waals surface area contributed by atoms with E-state index in [1.165, 1.54) is 0 Å². The van der Waals surface area contributed by atoms with Crippen LogP contribution in [0.5, 0.6) is 0 Å². The molecule has 4 aromatic rings. The van der Waals surface area contributed by atoms with Gasteiger partial charge in [-0.15, -0.1) is 0 Å². The summed E-state index contributed by atoms with van der Waals surface area (Å²) in [6.07, 6.45) is 5.47. The third kappa shape index (κ3) is 4.79. The highest BCUT2D eigenvalue weighted by atomic mass is 16.3. The number of hydrogen-bond acceptors (Lipinski definition) is 3. The van der Waals surface area contributed by atoms with E-state index in [-0.39, 0.29) is 11.8 Å². The second-order valence-electron chi connectivity index (χ2n) is 6.92. The Morgan fingerprint density at radius 1 is 0.897 bits per heavy atom. The van der Waals surface area contributed by atoms with Gasteiger partial charge in [0.15, 0.2) is 0 Å². The largest absolute Gasteiger partial charge is 0.472 e. The first-order valence-electron chi connectivity index (χ1n) is 9.64. The van der Waals surface area contributed by atoms with Crippen molar-refractivity contribution in [3.05, 3.63) is 114 Å². The Hall–Kier alpha value is -3.66. The fourth-order valence-corrected chi connectivity index (χ4v) is 3.37. The van der Waals surface area contributed by atoms with E-state index in [9.17, 15) is 4.79 Å². The number of carbonyl (C=O) groups is 1. The molecular weight excluding hydrogens is 360 g/mol. The molecule has 0 unspecified atom stereocenters. The van der Waals surface area contributed by atoms with Crippen molar-refractivity contribution in [1.82, 2.24) is 10.3 Å². The topological polar surface area (TPSA) is 55.1 Å². The molecule has 0 saturated heterocycles. The van der Waals surface area contributed by atoms with Gasteiger partial charge in [-0.2, -0.15) is 0 Å². The van der Waals surface area contributed by atoms with Gasteiger partial charge in [-0.3, -0.25) is 9.78 Å². The number of pyridine rings is 1. The Kier molecular flexibility index (Phi) is 5.81. The van der Waals surface area contributed by atoms with Crippen molar-refractivity contribution in [2.24, 2.45) is 0 Å². The van der Waals surface area contributed by atoms with Crippen molar-refractivity contribution in [1.29, 1.82) is 0 Å². The molecule has 2 aromatic heterocycles. The van der Waals surface area contributed by atoms with E-state index in [2.05, 4.69) is 34.6 Å². The number of amides is 1. The SMILES string of the molecule is O=C(CC(c1ccccc1)c1ccccc1)NCc1ccc(-c2ccoc2)nc1. The fourth-order valence-electron chi connectivity index (χ4n) is 3.37. The summed E-state index contributed by atoms with van der Waals surface area (Å²) in [5.74, 6) is 0.0422. The van der Waals surface area contributed by atoms with Crippen molar-refractivity contribution in [3.63, 3.8) is 0 Å². The number of hydrogen-bond donors (Lipinski definition) is 1. The summed E-state index contributed by atoms with van der Waals surface area (Å²) in [6, 6.07) is 26.1. The molecule has 0 bridgehead atoms. The summed E-state index contributed by atoms with van der Waals surface area (Å²) < 4.78 is 5.09. The highest BCUT2D eigenvalue weighted by Gasteiger charge is 2.18. The molecule has 4 rings (SSSR count). The average molecular weight is 382 g/mol. The molecule has 0 aliphatic rings. The number of furan rings is 1. The summed E-state index contributed by atoms with van der Waals surface area (Å²) in [6.45, 7) is 0.452. The highest BCUT2D eigenvalue weighted by molar-refractivity contribution is 5.77. The minimum atomic E-state index is 0.0154. The van der Waals surface area contributed by atoms with Crippen LogP contribution in [0.4, 0.5) is 0 Å². The number of nitrogens with one attached hydrogen (secondary N) is 1. The molecule has 0 fully saturated rings. The zero-order valence-electron chi connectivity index (χ0n) is 16.0. The smallest absolute Gasteiger partial charge is 0.221 e. The molecule has 0 radical (unpaired) electrons. The van der Waals surface area contributed by atoms with Gasteiger partial charge in [-0.05, 0) is 28.8 Å². The third-order valence-electron chi connectivity index (χ3n) is 4.92. The summed E-state index contributed by atoms with van der Waals surface area (Å²) in [5.41, 5.74) is 5.03. The lowest BCUT2D eigenvalue weighted by atomic mass is 9.88. The maximum absolute atomic E-state index is 12.7. The summed E-state index contributed by atoms with van der Waals surface area (Å²) in [5, 5.41) is 3.03. The van der Waals surface area contributed by atoms with E-state index >= 15 is 0 Å². The standard InChI is InChI=1S/C25H22N2O2/c28-25(27-17-19-11-12-24(26-16-19)22-13-14-29-18-22)15-23(20-7-3-1-4-8-20)21-9-5-2-6-10-21/h1-14,16,18,23H,15,17H2,(H,27,28). The Bertz CT molecular complexity index is 988. The third-order valence-corrected chi connectivity index (χ3v) is 4.92. The van der Waals surface area contributed by atoms with Crippen molar-refractivity contribution in [2.75, 3.05) is 0 Å². The molecule has 0 spiro atoms. The first-order valence-corrected chi connectivity index (χ1v) is 9.64. The predicted octanol–water partition coefficient (Wildman–Crippen LogP) is 5.18. The van der Waals surface area contributed by atoms with Crippen molar-refractivity contribution < 1.29 is 9.21 Å². The van der Waals surface area contributed by atoms with E-state index in [1.54, 1.807) is 18.7 Å². The van der Waals surface area contributed by atoms with Gasteiger partial charge in [0.1, 0.15) is 0 Å². The normalized spacial score (nSPS) is 10.8. The molecule has 144 valence electrons. The molecule has 1 amide bonds. The molecule has 2 aromatic carbocycles. The number of nitrogens with zero attached hydrogens (tertiary/aromatic N) is 1. The molecule has 4 nitrogen and oxygen atoms in total. The summed E-state index contributed by atoms with van der Waals surface area (Å²) in [4.78, 5) is 17.1. The maximum atomic E-state index is 12.7. The molecule has 0 aliphatic carbocycles. The van der Waals surface area contributed by atoms with Gasteiger partial charge in [0.25, 0.3) is 0 Å². The van der Waals surface area contributed by atoms with Gasteiger partial charge in [-0.25, -0.2) is 0 Å². The van der Waals surface area contributed by atoms with E-state index in [0.29, 0.717) is 13.0 Å². The van der Waals surface area contributed by atoms with Crippen molar-refractivity contribution >= 4 is 5.91 Å². The summed E-state index contributed by atoms with van der Waals surface area (Å²) >= 11 is 0. The molecule has 0 atom stereocenters. The highest BCUT2D eigenvalue weighted by Crippen LogP contribution is 2.27. The molecular formula is C25H22N2O2. The van der Waals surface area contributed by atoms with Crippen molar-refractivity contribution in [2.45, 2.75) is 18.9 Å². The number of rotatable bonds is 7. The number of aromatic nitrogens is 1. The van der Waals surface area contributed by atoms with E-state index in [0.717, 1.165) is 27.9 Å². The van der Waals surface area contributed by atoms with E-state index in [1.807, 2.05) is 54.6 Å². The first kappa shape index (κ1) is 18.7. The predicted molar refractivity (Wildman–Crippen MR) is 113 cm³/mol. The quantitative estimate of drug-likeness (QED) is 0.479. The molecule has 2 heterocycles. The molecule has 0 saturated carbocycles. The zero-order chi connectivity index (χ0) is 19.9. The van der Waals surface area contributed by atoms with Crippen LogP contribution < -0.4 is 5.32 Å². The van der Waals surface area contributed by atoms with Gasteiger partial charge in [-0.1, -0.05) is 66.7 Å². The van der Waals surface area contributed by atoms with E-state index < -0.39 is 0 Å². The van der Waals surface area contributed by atoms with Gasteiger partial charge in [0.2, 0.25) is 5.91 Å². The van der Waals surface area contributed by atoms with Gasteiger partial charge < -0.3 is 9.73 Å². The van der Waals surface area contributed by atoms with Crippen LogP contribution >= 0.6 is 0 Å². The lowest BCUT2D eigenvalue weighted by molar-refractivity contribution is -0.121. The zero-order valence-corrected chi connectivity index (χ0v) is 16.0.